The van der Waals surface area contributed by atoms with Crippen molar-refractivity contribution in [2.75, 3.05) is 25.0 Å². The molecule has 1 heterocycles. The number of nitrogens with zero attached hydrogens (tertiary/aromatic N) is 1. The molecule has 1 fully saturated rings. The van der Waals surface area contributed by atoms with E-state index < -0.39 is 0 Å². The lowest BCUT2D eigenvalue weighted by Gasteiger charge is -2.36. The first-order valence-electron chi connectivity index (χ1n) is 6.51. The SMILES string of the molecule is CC1CCN(C(=O)Nc2ccccc2)CC1CN. The number of carbonyl (C=O) groups excluding carboxylic acids is 1. The lowest BCUT2D eigenvalue weighted by Crippen LogP contribution is -2.47. The van der Waals surface area contributed by atoms with Crippen molar-refractivity contribution in [2.24, 2.45) is 17.6 Å². The highest BCUT2D eigenvalue weighted by Crippen LogP contribution is 2.22. The van der Waals surface area contributed by atoms with Crippen LogP contribution >= 0.6 is 0 Å². The third kappa shape index (κ3) is 3.01. The molecule has 2 rings (SSSR count). The highest BCUT2D eigenvalue weighted by Gasteiger charge is 2.27. The van der Waals surface area contributed by atoms with Gasteiger partial charge in [-0.1, -0.05) is 25.1 Å². The number of nitrogens with two attached hydrogens (primary N) is 1. The van der Waals surface area contributed by atoms with E-state index in [-0.39, 0.29) is 6.03 Å². The Morgan fingerprint density at radius 1 is 1.44 bits per heavy atom. The summed E-state index contributed by atoms with van der Waals surface area (Å²) in [6.07, 6.45) is 1.03. The topological polar surface area (TPSA) is 58.4 Å². The Kier molecular flexibility index (Phi) is 4.20. The van der Waals surface area contributed by atoms with Gasteiger partial charge in [0.05, 0.1) is 0 Å². The maximum atomic E-state index is 12.1. The molecule has 4 nitrogen and oxygen atoms in total. The van der Waals surface area contributed by atoms with Crippen LogP contribution in [0.4, 0.5) is 10.5 Å². The number of urea groups is 1. The average molecular weight is 247 g/mol. The molecule has 98 valence electrons. The number of likely N-dealkylation sites (tertiary alicyclic amines) is 1. The summed E-state index contributed by atoms with van der Waals surface area (Å²) >= 11 is 0. The Hall–Kier alpha value is -1.55. The summed E-state index contributed by atoms with van der Waals surface area (Å²) in [5.74, 6) is 1.02. The Morgan fingerprint density at radius 2 is 2.17 bits per heavy atom. The van der Waals surface area contributed by atoms with Gasteiger partial charge in [0.25, 0.3) is 0 Å². The van der Waals surface area contributed by atoms with E-state index in [0.717, 1.165) is 25.2 Å². The van der Waals surface area contributed by atoms with Gasteiger partial charge >= 0.3 is 6.03 Å². The number of anilines is 1. The quantitative estimate of drug-likeness (QED) is 0.841. The summed E-state index contributed by atoms with van der Waals surface area (Å²) in [7, 11) is 0. The molecule has 2 amide bonds. The standard InChI is InChI=1S/C14H21N3O/c1-11-7-8-17(10-12(11)9-15)14(18)16-13-5-3-2-4-6-13/h2-6,11-12H,7-10,15H2,1H3,(H,16,18). The molecule has 1 aromatic carbocycles. The van der Waals surface area contributed by atoms with Gasteiger partial charge in [-0.2, -0.15) is 0 Å². The predicted octanol–water partition coefficient (Wildman–Crippen LogP) is 2.14. The average Bonchev–Trinajstić information content (AvgIpc) is 2.40. The van der Waals surface area contributed by atoms with Gasteiger partial charge in [0, 0.05) is 18.8 Å². The molecule has 2 unspecified atom stereocenters. The van der Waals surface area contributed by atoms with Crippen molar-refractivity contribution in [3.05, 3.63) is 30.3 Å². The largest absolute Gasteiger partial charge is 0.330 e. The van der Waals surface area contributed by atoms with Gasteiger partial charge in [-0.15, -0.1) is 0 Å². The number of amides is 2. The molecule has 0 saturated carbocycles. The molecule has 0 spiro atoms. The minimum Gasteiger partial charge on any atom is -0.330 e. The van der Waals surface area contributed by atoms with Crippen LogP contribution in [0.2, 0.25) is 0 Å². The molecule has 0 aromatic heterocycles. The maximum Gasteiger partial charge on any atom is 0.321 e. The summed E-state index contributed by atoms with van der Waals surface area (Å²) < 4.78 is 0. The van der Waals surface area contributed by atoms with Crippen LogP contribution in [0, 0.1) is 11.8 Å². The zero-order chi connectivity index (χ0) is 13.0. The van der Waals surface area contributed by atoms with Crippen molar-refractivity contribution in [1.29, 1.82) is 0 Å². The van der Waals surface area contributed by atoms with Crippen molar-refractivity contribution in [3.63, 3.8) is 0 Å². The number of piperidine rings is 1. The van der Waals surface area contributed by atoms with Gasteiger partial charge in [0.2, 0.25) is 0 Å². The van der Waals surface area contributed by atoms with Gasteiger partial charge in [-0.05, 0) is 36.9 Å². The van der Waals surface area contributed by atoms with E-state index >= 15 is 0 Å². The summed E-state index contributed by atoms with van der Waals surface area (Å²) in [6.45, 7) is 4.44. The van der Waals surface area contributed by atoms with Crippen LogP contribution in [0.3, 0.4) is 0 Å². The third-order valence-electron chi connectivity index (χ3n) is 3.73. The van der Waals surface area contributed by atoms with Crippen molar-refractivity contribution >= 4 is 11.7 Å². The lowest BCUT2D eigenvalue weighted by atomic mass is 9.87. The molecule has 1 aliphatic rings. The van der Waals surface area contributed by atoms with E-state index in [4.69, 9.17) is 5.73 Å². The zero-order valence-electron chi connectivity index (χ0n) is 10.8. The minimum atomic E-state index is -0.0217. The molecule has 2 atom stereocenters. The number of rotatable bonds is 2. The summed E-state index contributed by atoms with van der Waals surface area (Å²) in [5, 5.41) is 2.92. The van der Waals surface area contributed by atoms with Crippen molar-refractivity contribution in [1.82, 2.24) is 4.90 Å². The molecular formula is C14H21N3O. The van der Waals surface area contributed by atoms with Crippen molar-refractivity contribution in [3.8, 4) is 0 Å². The normalized spacial score (nSPS) is 23.8. The number of carbonyl (C=O) groups is 1. The van der Waals surface area contributed by atoms with Crippen LogP contribution in [0.5, 0.6) is 0 Å². The summed E-state index contributed by atoms with van der Waals surface area (Å²) in [5.41, 5.74) is 6.59. The second kappa shape index (κ2) is 5.87. The first-order valence-corrected chi connectivity index (χ1v) is 6.51. The van der Waals surface area contributed by atoms with Crippen LogP contribution in [-0.4, -0.2) is 30.6 Å². The predicted molar refractivity (Wildman–Crippen MR) is 73.4 cm³/mol. The second-order valence-electron chi connectivity index (χ2n) is 5.00. The van der Waals surface area contributed by atoms with Gasteiger partial charge in [0.15, 0.2) is 0 Å². The first-order chi connectivity index (χ1) is 8.70. The summed E-state index contributed by atoms with van der Waals surface area (Å²) in [4.78, 5) is 14.0. The molecule has 1 saturated heterocycles. The molecule has 0 radical (unpaired) electrons. The molecule has 3 N–H and O–H groups in total. The monoisotopic (exact) mass is 247 g/mol. The molecule has 1 aliphatic heterocycles. The fourth-order valence-corrected chi connectivity index (χ4v) is 2.36. The Bertz CT molecular complexity index is 393. The molecule has 0 bridgehead atoms. The van der Waals surface area contributed by atoms with E-state index in [1.54, 1.807) is 0 Å². The van der Waals surface area contributed by atoms with E-state index in [0.29, 0.717) is 18.4 Å². The van der Waals surface area contributed by atoms with Gasteiger partial charge in [-0.25, -0.2) is 4.79 Å². The molecule has 1 aromatic rings. The van der Waals surface area contributed by atoms with Crippen LogP contribution in [0.25, 0.3) is 0 Å². The Morgan fingerprint density at radius 3 is 2.83 bits per heavy atom. The number of benzene rings is 1. The summed E-state index contributed by atoms with van der Waals surface area (Å²) in [6, 6.07) is 9.53. The number of para-hydroxylation sites is 1. The first kappa shape index (κ1) is 12.9. The van der Waals surface area contributed by atoms with E-state index in [1.807, 2.05) is 35.2 Å². The third-order valence-corrected chi connectivity index (χ3v) is 3.73. The van der Waals surface area contributed by atoms with Gasteiger partial charge < -0.3 is 16.0 Å². The molecule has 4 heteroatoms. The van der Waals surface area contributed by atoms with E-state index in [2.05, 4.69) is 12.2 Å². The molecule has 18 heavy (non-hydrogen) atoms. The lowest BCUT2D eigenvalue weighted by molar-refractivity contribution is 0.149. The van der Waals surface area contributed by atoms with Gasteiger partial charge in [0.1, 0.15) is 0 Å². The molecule has 0 aliphatic carbocycles. The number of hydrogen-bond acceptors (Lipinski definition) is 2. The number of hydrogen-bond donors (Lipinski definition) is 2. The Labute approximate surface area is 108 Å². The fourth-order valence-electron chi connectivity index (χ4n) is 2.36. The highest BCUT2D eigenvalue weighted by molar-refractivity contribution is 5.89. The minimum absolute atomic E-state index is 0.0217. The highest BCUT2D eigenvalue weighted by atomic mass is 16.2. The second-order valence-corrected chi connectivity index (χ2v) is 5.00. The Balaban J connectivity index is 1.93. The smallest absolute Gasteiger partial charge is 0.321 e. The zero-order valence-corrected chi connectivity index (χ0v) is 10.8. The molecular weight excluding hydrogens is 226 g/mol. The van der Waals surface area contributed by atoms with Crippen LogP contribution in [0.15, 0.2) is 30.3 Å². The van der Waals surface area contributed by atoms with Crippen LogP contribution in [-0.2, 0) is 0 Å². The van der Waals surface area contributed by atoms with E-state index in [9.17, 15) is 4.79 Å². The number of nitrogens with one attached hydrogen (secondary N) is 1. The van der Waals surface area contributed by atoms with Crippen molar-refractivity contribution < 1.29 is 4.79 Å². The van der Waals surface area contributed by atoms with Crippen LogP contribution in [0.1, 0.15) is 13.3 Å². The van der Waals surface area contributed by atoms with Gasteiger partial charge in [-0.3, -0.25) is 0 Å². The fraction of sp³-hybridized carbons (Fsp3) is 0.500. The van der Waals surface area contributed by atoms with Crippen LogP contribution < -0.4 is 11.1 Å². The van der Waals surface area contributed by atoms with E-state index in [1.165, 1.54) is 0 Å². The maximum absolute atomic E-state index is 12.1. The van der Waals surface area contributed by atoms with Crippen molar-refractivity contribution in [2.45, 2.75) is 13.3 Å².